The maximum atomic E-state index is 9.55. The first-order valence-corrected chi connectivity index (χ1v) is 7.23. The van der Waals surface area contributed by atoms with Crippen molar-refractivity contribution in [3.8, 4) is 11.8 Å². The molecule has 0 aromatic heterocycles. The fourth-order valence-electron chi connectivity index (χ4n) is 2.80. The van der Waals surface area contributed by atoms with Crippen LogP contribution in [0.4, 0.5) is 0 Å². The van der Waals surface area contributed by atoms with Crippen LogP contribution in [0.5, 0.6) is 5.75 Å². The monoisotopic (exact) mass is 307 g/mol. The van der Waals surface area contributed by atoms with Gasteiger partial charge in [0.25, 0.3) is 0 Å². The molecule has 96 valence electrons. The smallest absolute Gasteiger partial charge is 0.123 e. The standard InChI is InChI=1S/C15H18BrNO/c1-18-14-7-5-6-13(16)12(14)10-15(11-17)8-3-2-4-9-15/h5-7H,2-4,8-10H2,1H3. The number of rotatable bonds is 3. The van der Waals surface area contributed by atoms with Gasteiger partial charge in [-0.15, -0.1) is 0 Å². The summed E-state index contributed by atoms with van der Waals surface area (Å²) in [5.41, 5.74) is 0.929. The van der Waals surface area contributed by atoms with E-state index in [2.05, 4.69) is 22.0 Å². The van der Waals surface area contributed by atoms with Gasteiger partial charge in [-0.2, -0.15) is 5.26 Å². The van der Waals surface area contributed by atoms with Crippen LogP contribution in [0.2, 0.25) is 0 Å². The second-order valence-electron chi connectivity index (χ2n) is 5.05. The summed E-state index contributed by atoms with van der Waals surface area (Å²) in [5.74, 6) is 0.879. The lowest BCUT2D eigenvalue weighted by Gasteiger charge is -2.31. The molecule has 1 aromatic rings. The minimum Gasteiger partial charge on any atom is -0.496 e. The summed E-state index contributed by atoms with van der Waals surface area (Å²) in [6.45, 7) is 0. The summed E-state index contributed by atoms with van der Waals surface area (Å²) in [6, 6.07) is 8.52. The average Bonchev–Trinajstić information content (AvgIpc) is 2.42. The maximum Gasteiger partial charge on any atom is 0.123 e. The molecule has 2 rings (SSSR count). The van der Waals surface area contributed by atoms with Crippen molar-refractivity contribution in [1.82, 2.24) is 0 Å². The molecule has 0 saturated heterocycles. The third-order valence-electron chi connectivity index (χ3n) is 3.86. The zero-order valence-electron chi connectivity index (χ0n) is 10.7. The highest BCUT2D eigenvalue weighted by Gasteiger charge is 2.33. The number of hydrogen-bond acceptors (Lipinski definition) is 2. The normalized spacial score (nSPS) is 18.1. The Kier molecular flexibility index (Phi) is 4.29. The van der Waals surface area contributed by atoms with E-state index in [1.165, 1.54) is 19.3 Å². The van der Waals surface area contributed by atoms with Crippen LogP contribution >= 0.6 is 15.9 Å². The van der Waals surface area contributed by atoms with E-state index in [-0.39, 0.29) is 5.41 Å². The molecule has 1 aliphatic rings. The molecule has 0 atom stereocenters. The number of ether oxygens (including phenoxy) is 1. The molecule has 1 aliphatic carbocycles. The average molecular weight is 308 g/mol. The van der Waals surface area contributed by atoms with Gasteiger partial charge >= 0.3 is 0 Å². The number of hydrogen-bond donors (Lipinski definition) is 0. The molecule has 1 saturated carbocycles. The number of methoxy groups -OCH3 is 1. The molecule has 0 bridgehead atoms. The Morgan fingerprint density at radius 1 is 1.33 bits per heavy atom. The lowest BCUT2D eigenvalue weighted by molar-refractivity contribution is 0.262. The van der Waals surface area contributed by atoms with E-state index in [9.17, 15) is 5.26 Å². The first-order valence-electron chi connectivity index (χ1n) is 6.43. The predicted molar refractivity (Wildman–Crippen MR) is 75.5 cm³/mol. The molecule has 18 heavy (non-hydrogen) atoms. The Balaban J connectivity index is 2.30. The van der Waals surface area contributed by atoms with Gasteiger partial charge in [0.15, 0.2) is 0 Å². The summed E-state index contributed by atoms with van der Waals surface area (Å²) in [6.07, 6.45) is 6.40. The largest absolute Gasteiger partial charge is 0.496 e. The van der Waals surface area contributed by atoms with Gasteiger partial charge in [-0.3, -0.25) is 0 Å². The SMILES string of the molecule is COc1cccc(Br)c1CC1(C#N)CCCCC1. The Morgan fingerprint density at radius 2 is 2.06 bits per heavy atom. The third kappa shape index (κ3) is 2.70. The van der Waals surface area contributed by atoms with Crippen molar-refractivity contribution >= 4 is 15.9 Å². The minimum absolute atomic E-state index is 0.199. The quantitative estimate of drug-likeness (QED) is 0.825. The minimum atomic E-state index is -0.199. The van der Waals surface area contributed by atoms with Gasteiger partial charge in [0.1, 0.15) is 5.75 Å². The summed E-state index contributed by atoms with van der Waals surface area (Å²) < 4.78 is 6.46. The summed E-state index contributed by atoms with van der Waals surface area (Å²) >= 11 is 3.58. The van der Waals surface area contributed by atoms with Crippen molar-refractivity contribution in [3.05, 3.63) is 28.2 Å². The predicted octanol–water partition coefficient (Wildman–Crippen LogP) is 4.47. The van der Waals surface area contributed by atoms with Gasteiger partial charge in [0, 0.05) is 10.0 Å². The second-order valence-corrected chi connectivity index (χ2v) is 5.90. The van der Waals surface area contributed by atoms with Crippen molar-refractivity contribution in [1.29, 1.82) is 5.26 Å². The van der Waals surface area contributed by atoms with E-state index in [0.717, 1.165) is 35.0 Å². The van der Waals surface area contributed by atoms with Crippen molar-refractivity contribution in [3.63, 3.8) is 0 Å². The molecule has 0 N–H and O–H groups in total. The Hall–Kier alpha value is -1.01. The molecule has 0 amide bonds. The van der Waals surface area contributed by atoms with Crippen LogP contribution < -0.4 is 4.74 Å². The van der Waals surface area contributed by atoms with E-state index in [4.69, 9.17) is 4.74 Å². The van der Waals surface area contributed by atoms with Crippen molar-refractivity contribution in [2.45, 2.75) is 38.5 Å². The summed E-state index contributed by atoms with van der Waals surface area (Å²) in [7, 11) is 1.69. The van der Waals surface area contributed by atoms with E-state index in [1.807, 2.05) is 18.2 Å². The van der Waals surface area contributed by atoms with Gasteiger partial charge < -0.3 is 4.74 Å². The van der Waals surface area contributed by atoms with Crippen LogP contribution in [0.15, 0.2) is 22.7 Å². The molecular formula is C15H18BrNO. The van der Waals surface area contributed by atoms with E-state index in [0.29, 0.717) is 0 Å². The van der Waals surface area contributed by atoms with E-state index in [1.54, 1.807) is 7.11 Å². The van der Waals surface area contributed by atoms with E-state index >= 15 is 0 Å². The molecule has 0 aliphatic heterocycles. The van der Waals surface area contributed by atoms with Crippen molar-refractivity contribution in [2.24, 2.45) is 5.41 Å². The lowest BCUT2D eigenvalue weighted by atomic mass is 9.71. The molecule has 0 spiro atoms. The number of halogens is 1. The molecular weight excluding hydrogens is 290 g/mol. The fourth-order valence-corrected chi connectivity index (χ4v) is 3.28. The highest BCUT2D eigenvalue weighted by molar-refractivity contribution is 9.10. The van der Waals surface area contributed by atoms with Crippen LogP contribution in [0.3, 0.4) is 0 Å². The zero-order valence-corrected chi connectivity index (χ0v) is 12.3. The molecule has 2 nitrogen and oxygen atoms in total. The number of nitrogens with zero attached hydrogens (tertiary/aromatic N) is 1. The lowest BCUT2D eigenvalue weighted by Crippen LogP contribution is -2.25. The van der Waals surface area contributed by atoms with Crippen LogP contribution in [0.25, 0.3) is 0 Å². The van der Waals surface area contributed by atoms with Crippen LogP contribution in [0.1, 0.15) is 37.7 Å². The molecule has 0 radical (unpaired) electrons. The number of benzene rings is 1. The maximum absolute atomic E-state index is 9.55. The van der Waals surface area contributed by atoms with Crippen molar-refractivity contribution in [2.75, 3.05) is 7.11 Å². The Morgan fingerprint density at radius 3 is 2.67 bits per heavy atom. The van der Waals surface area contributed by atoms with Gasteiger partial charge in [0.05, 0.1) is 18.6 Å². The van der Waals surface area contributed by atoms with E-state index < -0.39 is 0 Å². The Bertz CT molecular complexity index is 458. The first-order chi connectivity index (χ1) is 8.71. The summed E-state index contributed by atoms with van der Waals surface area (Å²) in [5, 5.41) is 9.55. The summed E-state index contributed by atoms with van der Waals surface area (Å²) in [4.78, 5) is 0. The second kappa shape index (κ2) is 5.75. The highest BCUT2D eigenvalue weighted by Crippen LogP contribution is 2.42. The molecule has 0 heterocycles. The molecule has 3 heteroatoms. The van der Waals surface area contributed by atoms with Crippen molar-refractivity contribution < 1.29 is 4.74 Å². The molecule has 1 aromatic carbocycles. The third-order valence-corrected chi connectivity index (χ3v) is 4.60. The Labute approximate surface area is 117 Å². The number of nitriles is 1. The van der Waals surface area contributed by atoms with Gasteiger partial charge in [-0.1, -0.05) is 41.3 Å². The zero-order chi connectivity index (χ0) is 13.0. The topological polar surface area (TPSA) is 33.0 Å². The fraction of sp³-hybridized carbons (Fsp3) is 0.533. The molecule has 1 fully saturated rings. The van der Waals surface area contributed by atoms with Crippen LogP contribution in [-0.2, 0) is 6.42 Å². The highest BCUT2D eigenvalue weighted by atomic mass is 79.9. The van der Waals surface area contributed by atoms with Crippen LogP contribution in [0, 0.1) is 16.7 Å². The first kappa shape index (κ1) is 13.4. The van der Waals surface area contributed by atoms with Gasteiger partial charge in [-0.05, 0) is 31.4 Å². The van der Waals surface area contributed by atoms with Gasteiger partial charge in [-0.25, -0.2) is 0 Å². The van der Waals surface area contributed by atoms with Crippen LogP contribution in [-0.4, -0.2) is 7.11 Å². The molecule has 0 unspecified atom stereocenters. The van der Waals surface area contributed by atoms with Gasteiger partial charge in [0.2, 0.25) is 0 Å².